The number of fused-ring (bicyclic) bond motifs is 4. The number of rotatable bonds is 12. The van der Waals surface area contributed by atoms with E-state index in [-0.39, 0.29) is 0 Å². The van der Waals surface area contributed by atoms with Crippen LogP contribution in [0.5, 0.6) is 17.2 Å². The monoisotopic (exact) mass is 853 g/mol. The molecule has 1 aromatic heterocycles. The molecule has 0 atom stereocenters. The first-order valence-corrected chi connectivity index (χ1v) is 21.8. The highest BCUT2D eigenvalue weighted by atomic mass is 35.5. The number of anilines is 1. The zero-order chi connectivity index (χ0) is 41.8. The fraction of sp³-hybridized carbons (Fsp3) is 0.130. The first-order valence-electron chi connectivity index (χ1n) is 21.0. The van der Waals surface area contributed by atoms with Crippen LogP contribution in [-0.2, 0) is 6.54 Å². The first kappa shape index (κ1) is 39.4. The van der Waals surface area contributed by atoms with Crippen LogP contribution < -0.4 is 23.7 Å². The Labute approximate surface area is 370 Å². The van der Waals surface area contributed by atoms with E-state index in [1.54, 1.807) is 0 Å². The Hall–Kier alpha value is -6.73. The van der Waals surface area contributed by atoms with Gasteiger partial charge in [-0.3, -0.25) is 0 Å². The van der Waals surface area contributed by atoms with Crippen LogP contribution in [-0.4, -0.2) is 19.8 Å². The normalized spacial score (nSPS) is 15.4. The van der Waals surface area contributed by atoms with Gasteiger partial charge in [-0.05, 0) is 107 Å². The largest absolute Gasteiger partial charge is 0.491 e. The first-order chi connectivity index (χ1) is 30.6. The predicted octanol–water partition coefficient (Wildman–Crippen LogP) is 13.8. The molecule has 10 rings (SSSR count). The molecule has 0 N–H and O–H groups in total. The van der Waals surface area contributed by atoms with Gasteiger partial charge in [0, 0.05) is 26.9 Å². The Morgan fingerprint density at radius 1 is 0.645 bits per heavy atom. The Kier molecular flexibility index (Phi) is 11.3. The van der Waals surface area contributed by atoms with Crippen LogP contribution in [0.1, 0.15) is 30.7 Å². The van der Waals surface area contributed by atoms with Crippen LogP contribution in [0.25, 0.3) is 44.3 Å². The summed E-state index contributed by atoms with van der Waals surface area (Å²) in [7, 11) is 0. The van der Waals surface area contributed by atoms with Crippen LogP contribution in [0, 0.1) is 0 Å². The lowest BCUT2D eigenvalue weighted by Gasteiger charge is -2.22. The van der Waals surface area contributed by atoms with Crippen LogP contribution in [0.4, 0.5) is 5.69 Å². The van der Waals surface area contributed by atoms with E-state index in [0.717, 1.165) is 92.2 Å². The van der Waals surface area contributed by atoms with Crippen molar-refractivity contribution in [3.8, 4) is 17.2 Å². The number of oxazole rings is 1. The average Bonchev–Trinajstić information content (AvgIpc) is 3.83. The summed E-state index contributed by atoms with van der Waals surface area (Å²) < 4.78 is 28.0. The summed E-state index contributed by atoms with van der Waals surface area (Å²) in [4.78, 5) is 2.15. The van der Waals surface area contributed by atoms with Crippen LogP contribution in [0.15, 0.2) is 191 Å². The zero-order valence-corrected chi connectivity index (χ0v) is 35.5. The van der Waals surface area contributed by atoms with Gasteiger partial charge < -0.3 is 23.5 Å². The van der Waals surface area contributed by atoms with E-state index < -0.39 is 0 Å². The second-order valence-electron chi connectivity index (χ2n) is 15.4. The van der Waals surface area contributed by atoms with E-state index in [4.69, 9.17) is 41.8 Å². The summed E-state index contributed by atoms with van der Waals surface area (Å²) >= 11 is 13.1. The molecule has 8 heteroatoms. The number of aromatic nitrogens is 1. The van der Waals surface area contributed by atoms with Gasteiger partial charge in [0.1, 0.15) is 24.7 Å². The standard InChI is InChI=1S/C54H43Cl2N2O4/c55-42-25-27-50-46(35-42)57(31-33-59-48-21-9-15-37-11-4-6-19-44(37)48)52(61-50)29-23-40-17-8-18-41(54(40)39-13-2-1-3-14-39)24-30-53-58(47-36-43(56)26-28-51(47)62-53)32-34-60-49-22-10-16-38-12-5-7-20-45(38)49/h1-7,9-16,19-30,35-36H,8,17-18,31-34H2/q+1. The van der Waals surface area contributed by atoms with Crippen molar-refractivity contribution in [2.75, 3.05) is 24.7 Å². The summed E-state index contributed by atoms with van der Waals surface area (Å²) in [6.07, 6.45) is 11.4. The molecule has 0 bridgehead atoms. The van der Waals surface area contributed by atoms with Crippen molar-refractivity contribution in [3.05, 3.63) is 208 Å². The van der Waals surface area contributed by atoms with E-state index in [2.05, 4.69) is 101 Å². The zero-order valence-electron chi connectivity index (χ0n) is 34.0. The molecule has 2 aliphatic rings. The molecule has 1 aliphatic carbocycles. The highest BCUT2D eigenvalue weighted by Crippen LogP contribution is 2.42. The molecule has 6 nitrogen and oxygen atoms in total. The van der Waals surface area contributed by atoms with E-state index in [0.29, 0.717) is 36.3 Å². The van der Waals surface area contributed by atoms with Gasteiger partial charge in [-0.1, -0.05) is 132 Å². The quantitative estimate of drug-likeness (QED) is 0.115. The molecule has 2 heterocycles. The molecule has 0 unspecified atom stereocenters. The summed E-state index contributed by atoms with van der Waals surface area (Å²) in [5, 5.41) is 5.76. The van der Waals surface area contributed by atoms with Gasteiger partial charge >= 0.3 is 5.89 Å². The topological polar surface area (TPSA) is 48.0 Å². The van der Waals surface area contributed by atoms with Crippen molar-refractivity contribution in [2.45, 2.75) is 25.8 Å². The van der Waals surface area contributed by atoms with Crippen molar-refractivity contribution >= 4 is 73.2 Å². The smallest absolute Gasteiger partial charge is 0.374 e. The lowest BCUT2D eigenvalue weighted by Crippen LogP contribution is -2.38. The molecule has 0 amide bonds. The van der Waals surface area contributed by atoms with Gasteiger partial charge in [-0.15, -0.1) is 0 Å². The van der Waals surface area contributed by atoms with Crippen molar-refractivity contribution in [2.24, 2.45) is 0 Å². The molecule has 0 fully saturated rings. The Bertz CT molecular complexity index is 3060. The Balaban J connectivity index is 0.959. The minimum Gasteiger partial charge on any atom is -0.491 e. The summed E-state index contributed by atoms with van der Waals surface area (Å²) in [5.41, 5.74) is 7.42. The third-order valence-corrected chi connectivity index (χ3v) is 12.0. The molecule has 0 radical (unpaired) electrons. The van der Waals surface area contributed by atoms with E-state index in [9.17, 15) is 0 Å². The van der Waals surface area contributed by atoms with Crippen LogP contribution >= 0.6 is 23.2 Å². The van der Waals surface area contributed by atoms with E-state index >= 15 is 0 Å². The van der Waals surface area contributed by atoms with Gasteiger partial charge in [-0.2, -0.15) is 4.57 Å². The molecule has 62 heavy (non-hydrogen) atoms. The molecule has 1 aliphatic heterocycles. The second-order valence-corrected chi connectivity index (χ2v) is 16.2. The van der Waals surface area contributed by atoms with Crippen LogP contribution in [0.2, 0.25) is 10.0 Å². The third kappa shape index (κ3) is 8.19. The fourth-order valence-electron chi connectivity index (χ4n) is 8.57. The number of hydrogen-bond donors (Lipinski definition) is 0. The summed E-state index contributed by atoms with van der Waals surface area (Å²) in [5.74, 6) is 3.92. The maximum Gasteiger partial charge on any atom is 0.374 e. The summed E-state index contributed by atoms with van der Waals surface area (Å²) in [6, 6.07) is 51.0. The van der Waals surface area contributed by atoms with Crippen molar-refractivity contribution < 1.29 is 23.2 Å². The molecular weight excluding hydrogens is 812 g/mol. The summed E-state index contributed by atoms with van der Waals surface area (Å²) in [6.45, 7) is 2.03. The Morgan fingerprint density at radius 3 is 2.10 bits per heavy atom. The van der Waals surface area contributed by atoms with Crippen molar-refractivity contribution in [1.29, 1.82) is 0 Å². The van der Waals surface area contributed by atoms with Gasteiger partial charge in [0.2, 0.25) is 11.5 Å². The van der Waals surface area contributed by atoms with Crippen molar-refractivity contribution in [3.63, 3.8) is 0 Å². The highest BCUT2D eigenvalue weighted by molar-refractivity contribution is 6.31. The average molecular weight is 855 g/mol. The van der Waals surface area contributed by atoms with Gasteiger partial charge in [-0.25, -0.2) is 0 Å². The van der Waals surface area contributed by atoms with Gasteiger partial charge in [0.15, 0.2) is 12.3 Å². The molecule has 0 spiro atoms. The van der Waals surface area contributed by atoms with Gasteiger partial charge in [0.05, 0.1) is 18.3 Å². The highest BCUT2D eigenvalue weighted by Gasteiger charge is 2.27. The minimum atomic E-state index is 0.449. The molecule has 7 aromatic carbocycles. The van der Waals surface area contributed by atoms with Crippen molar-refractivity contribution in [1.82, 2.24) is 0 Å². The third-order valence-electron chi connectivity index (χ3n) is 11.5. The number of nitrogens with zero attached hydrogens (tertiary/aromatic N) is 2. The number of halogens is 2. The number of benzene rings is 7. The van der Waals surface area contributed by atoms with Crippen LogP contribution in [0.3, 0.4) is 0 Å². The van der Waals surface area contributed by atoms with Gasteiger partial charge in [0.25, 0.3) is 5.52 Å². The number of hydrogen-bond acceptors (Lipinski definition) is 5. The fourth-order valence-corrected chi connectivity index (χ4v) is 8.91. The molecule has 8 aromatic rings. The molecule has 0 saturated carbocycles. The maximum atomic E-state index is 6.54. The molecule has 0 saturated heterocycles. The second kappa shape index (κ2) is 17.7. The maximum absolute atomic E-state index is 6.54. The number of ether oxygens (including phenoxy) is 3. The Morgan fingerprint density at radius 2 is 1.32 bits per heavy atom. The predicted molar refractivity (Wildman–Crippen MR) is 252 cm³/mol. The number of allylic oxidation sites excluding steroid dienone is 6. The molecular formula is C54H43Cl2N2O4+. The lowest BCUT2D eigenvalue weighted by atomic mass is 9.83. The minimum absolute atomic E-state index is 0.449. The lowest BCUT2D eigenvalue weighted by molar-refractivity contribution is -0.678. The SMILES string of the molecule is Clc1ccc2c(c1)N(CCOc1cccc3ccccc13)C(=CC=C1CCCC(C=Cc3oc4ccc(Cl)cc4[n+]3CCOc3cccc4ccccc34)=C1c1ccccc1)O2. The van der Waals surface area contributed by atoms with E-state index in [1.165, 1.54) is 16.7 Å². The molecule has 306 valence electrons. The van der Waals surface area contributed by atoms with E-state index in [1.807, 2.05) is 84.9 Å².